The Kier molecular flexibility index (Phi) is 3.84. The molecule has 2 atom stereocenters. The van der Waals surface area contributed by atoms with Crippen LogP contribution in [0.4, 0.5) is 14.9 Å². The molecule has 0 bridgehead atoms. The first-order valence-corrected chi connectivity index (χ1v) is 6.43. The van der Waals surface area contributed by atoms with Gasteiger partial charge < -0.3 is 10.2 Å². The quantitative estimate of drug-likeness (QED) is 0.811. The lowest BCUT2D eigenvalue weighted by molar-refractivity contribution is 0.133. The van der Waals surface area contributed by atoms with E-state index in [1.165, 1.54) is 12.1 Å². The number of rotatable bonds is 1. The van der Waals surface area contributed by atoms with Gasteiger partial charge in [-0.05, 0) is 51.3 Å². The molecule has 4 heteroatoms. The summed E-state index contributed by atoms with van der Waals surface area (Å²) in [5.41, 5.74) is 0.505. The van der Waals surface area contributed by atoms with E-state index in [-0.39, 0.29) is 23.9 Å². The molecule has 1 heterocycles. The number of anilines is 1. The molecule has 18 heavy (non-hydrogen) atoms. The number of amides is 2. The minimum absolute atomic E-state index is 0.139. The summed E-state index contributed by atoms with van der Waals surface area (Å²) in [5, 5.41) is 2.76. The van der Waals surface area contributed by atoms with Crippen molar-refractivity contribution in [2.75, 3.05) is 5.32 Å². The highest BCUT2D eigenvalue weighted by molar-refractivity contribution is 5.89. The van der Waals surface area contributed by atoms with Crippen LogP contribution in [0.5, 0.6) is 0 Å². The summed E-state index contributed by atoms with van der Waals surface area (Å²) in [6.07, 6.45) is 3.22. The number of benzene rings is 1. The van der Waals surface area contributed by atoms with Crippen molar-refractivity contribution in [1.82, 2.24) is 4.90 Å². The fourth-order valence-corrected chi connectivity index (χ4v) is 2.58. The third kappa shape index (κ3) is 2.81. The van der Waals surface area contributed by atoms with Gasteiger partial charge in [0.05, 0.1) is 0 Å². The van der Waals surface area contributed by atoms with Gasteiger partial charge in [-0.15, -0.1) is 0 Å². The zero-order valence-electron chi connectivity index (χ0n) is 10.8. The number of halogens is 1. The Morgan fingerprint density at radius 2 is 2.00 bits per heavy atom. The first-order chi connectivity index (χ1) is 8.58. The van der Waals surface area contributed by atoms with Gasteiger partial charge in [-0.2, -0.15) is 0 Å². The highest BCUT2D eigenvalue weighted by Crippen LogP contribution is 2.23. The van der Waals surface area contributed by atoms with Crippen molar-refractivity contribution in [3.05, 3.63) is 30.1 Å². The van der Waals surface area contributed by atoms with Crippen LogP contribution in [0.1, 0.15) is 33.1 Å². The topological polar surface area (TPSA) is 32.3 Å². The van der Waals surface area contributed by atoms with Gasteiger partial charge in [0, 0.05) is 17.8 Å². The van der Waals surface area contributed by atoms with E-state index in [0.717, 1.165) is 19.3 Å². The van der Waals surface area contributed by atoms with Crippen LogP contribution in [0, 0.1) is 5.82 Å². The van der Waals surface area contributed by atoms with Crippen LogP contribution in [0.25, 0.3) is 0 Å². The molecular weight excluding hydrogens is 231 g/mol. The van der Waals surface area contributed by atoms with Crippen LogP contribution < -0.4 is 5.32 Å². The summed E-state index contributed by atoms with van der Waals surface area (Å²) in [6, 6.07) is 6.32. The molecule has 0 aliphatic carbocycles. The molecule has 0 aromatic heterocycles. The normalized spacial score (nSPS) is 23.8. The molecule has 1 aromatic rings. The Bertz CT molecular complexity index is 426. The molecule has 2 rings (SSSR count). The Morgan fingerprint density at radius 1 is 1.33 bits per heavy atom. The molecule has 1 aromatic carbocycles. The van der Waals surface area contributed by atoms with Crippen LogP contribution in [0.2, 0.25) is 0 Å². The van der Waals surface area contributed by atoms with E-state index < -0.39 is 0 Å². The molecule has 1 saturated heterocycles. The number of nitrogens with one attached hydrogen (secondary N) is 1. The van der Waals surface area contributed by atoms with E-state index >= 15 is 0 Å². The highest BCUT2D eigenvalue weighted by atomic mass is 19.1. The van der Waals surface area contributed by atoms with Gasteiger partial charge in [-0.1, -0.05) is 6.07 Å². The molecule has 3 nitrogen and oxygen atoms in total. The molecule has 0 spiro atoms. The van der Waals surface area contributed by atoms with Gasteiger partial charge in [0.15, 0.2) is 0 Å². The summed E-state index contributed by atoms with van der Waals surface area (Å²) in [6.45, 7) is 4.11. The van der Waals surface area contributed by atoms with Crippen LogP contribution in [-0.4, -0.2) is 23.0 Å². The number of carbonyl (C=O) groups excluding carboxylic acids is 1. The largest absolute Gasteiger partial charge is 0.322 e. The van der Waals surface area contributed by atoms with Crippen LogP contribution in [0.15, 0.2) is 24.3 Å². The lowest BCUT2D eigenvalue weighted by Crippen LogP contribution is -2.49. The van der Waals surface area contributed by atoms with E-state index in [4.69, 9.17) is 0 Å². The number of likely N-dealkylation sites (tertiary alicyclic amines) is 1. The maximum Gasteiger partial charge on any atom is 0.322 e. The van der Waals surface area contributed by atoms with Crippen LogP contribution in [-0.2, 0) is 0 Å². The van der Waals surface area contributed by atoms with Gasteiger partial charge in [0.1, 0.15) is 5.82 Å². The number of carbonyl (C=O) groups is 1. The molecule has 1 aliphatic heterocycles. The van der Waals surface area contributed by atoms with Crippen molar-refractivity contribution in [1.29, 1.82) is 0 Å². The monoisotopic (exact) mass is 250 g/mol. The summed E-state index contributed by atoms with van der Waals surface area (Å²) in [5.74, 6) is -0.340. The SMILES string of the molecule is C[C@H]1CCC[C@H](C)N1C(=O)Nc1cccc(F)c1. The van der Waals surface area contributed by atoms with Gasteiger partial charge >= 0.3 is 6.03 Å². The number of nitrogens with zero attached hydrogens (tertiary/aromatic N) is 1. The predicted octanol–water partition coefficient (Wildman–Crippen LogP) is 3.62. The number of hydrogen-bond donors (Lipinski definition) is 1. The third-order valence-corrected chi connectivity index (χ3v) is 3.50. The molecule has 1 aliphatic rings. The highest BCUT2D eigenvalue weighted by Gasteiger charge is 2.28. The first-order valence-electron chi connectivity index (χ1n) is 6.43. The standard InChI is InChI=1S/C14H19FN2O/c1-10-5-3-6-11(2)17(10)14(18)16-13-8-4-7-12(15)9-13/h4,7-11H,3,5-6H2,1-2H3,(H,16,18)/t10-,11-/m0/s1. The zero-order valence-corrected chi connectivity index (χ0v) is 10.8. The summed E-state index contributed by atoms with van der Waals surface area (Å²) < 4.78 is 13.0. The summed E-state index contributed by atoms with van der Waals surface area (Å²) in [7, 11) is 0. The van der Waals surface area contributed by atoms with Gasteiger partial charge in [-0.25, -0.2) is 9.18 Å². The Morgan fingerprint density at radius 3 is 2.61 bits per heavy atom. The molecule has 98 valence electrons. The molecule has 2 amide bonds. The number of hydrogen-bond acceptors (Lipinski definition) is 1. The van der Waals surface area contributed by atoms with E-state index in [9.17, 15) is 9.18 Å². The van der Waals surface area contributed by atoms with E-state index in [0.29, 0.717) is 5.69 Å². The fourth-order valence-electron chi connectivity index (χ4n) is 2.58. The maximum atomic E-state index is 13.0. The second kappa shape index (κ2) is 5.38. The minimum atomic E-state index is -0.340. The van der Waals surface area contributed by atoms with Crippen molar-refractivity contribution in [3.8, 4) is 0 Å². The Labute approximate surface area is 107 Å². The second-order valence-electron chi connectivity index (χ2n) is 4.98. The maximum absolute atomic E-state index is 13.0. The summed E-state index contributed by atoms with van der Waals surface area (Å²) in [4.78, 5) is 14.0. The molecule has 0 saturated carbocycles. The average molecular weight is 250 g/mol. The predicted molar refractivity (Wildman–Crippen MR) is 70.0 cm³/mol. The molecule has 0 radical (unpaired) electrons. The average Bonchev–Trinajstić information content (AvgIpc) is 2.28. The molecular formula is C14H19FN2O. The minimum Gasteiger partial charge on any atom is -0.319 e. The Hall–Kier alpha value is -1.58. The smallest absolute Gasteiger partial charge is 0.319 e. The van der Waals surface area contributed by atoms with Crippen molar-refractivity contribution >= 4 is 11.7 Å². The molecule has 0 unspecified atom stereocenters. The fraction of sp³-hybridized carbons (Fsp3) is 0.500. The molecule has 1 N–H and O–H groups in total. The molecule has 1 fully saturated rings. The Balaban J connectivity index is 2.07. The van der Waals surface area contributed by atoms with Crippen molar-refractivity contribution in [2.45, 2.75) is 45.2 Å². The van der Waals surface area contributed by atoms with Crippen LogP contribution in [0.3, 0.4) is 0 Å². The van der Waals surface area contributed by atoms with Crippen molar-refractivity contribution < 1.29 is 9.18 Å². The third-order valence-electron chi connectivity index (χ3n) is 3.50. The van der Waals surface area contributed by atoms with E-state index in [2.05, 4.69) is 19.2 Å². The van der Waals surface area contributed by atoms with Gasteiger partial charge in [0.25, 0.3) is 0 Å². The number of piperidine rings is 1. The van der Waals surface area contributed by atoms with Crippen LogP contribution >= 0.6 is 0 Å². The lowest BCUT2D eigenvalue weighted by atomic mass is 9.98. The van der Waals surface area contributed by atoms with E-state index in [1.807, 2.05) is 4.90 Å². The van der Waals surface area contributed by atoms with Crippen molar-refractivity contribution in [3.63, 3.8) is 0 Å². The van der Waals surface area contributed by atoms with Crippen molar-refractivity contribution in [2.24, 2.45) is 0 Å². The first kappa shape index (κ1) is 12.9. The lowest BCUT2D eigenvalue weighted by Gasteiger charge is -2.38. The second-order valence-corrected chi connectivity index (χ2v) is 4.98. The number of urea groups is 1. The summed E-state index contributed by atoms with van der Waals surface area (Å²) >= 11 is 0. The zero-order chi connectivity index (χ0) is 13.1. The van der Waals surface area contributed by atoms with E-state index in [1.54, 1.807) is 12.1 Å². The van der Waals surface area contributed by atoms with Gasteiger partial charge in [-0.3, -0.25) is 0 Å². The van der Waals surface area contributed by atoms with Gasteiger partial charge in [0.2, 0.25) is 0 Å².